The third-order valence-corrected chi connectivity index (χ3v) is 5.02. The van der Waals surface area contributed by atoms with E-state index in [4.69, 9.17) is 9.47 Å². The largest absolute Gasteiger partial charge is 0.355 e. The minimum atomic E-state index is -0.247. The van der Waals surface area contributed by atoms with Crippen LogP contribution in [-0.2, 0) is 21.4 Å². The molecule has 3 heterocycles. The van der Waals surface area contributed by atoms with Crippen LogP contribution >= 0.6 is 0 Å². The fraction of sp³-hybridized carbons (Fsp3) is 0.737. The Labute approximate surface area is 144 Å². The summed E-state index contributed by atoms with van der Waals surface area (Å²) in [6, 6.07) is 2.06. The van der Waals surface area contributed by atoms with E-state index >= 15 is 0 Å². The Hall–Kier alpha value is -1.33. The van der Waals surface area contributed by atoms with E-state index < -0.39 is 0 Å². The molecule has 0 aliphatic carbocycles. The summed E-state index contributed by atoms with van der Waals surface area (Å²) in [5, 5.41) is 0. The van der Waals surface area contributed by atoms with Crippen molar-refractivity contribution in [1.29, 1.82) is 0 Å². The minimum absolute atomic E-state index is 0.0127. The Morgan fingerprint density at radius 2 is 1.67 bits per heavy atom. The van der Waals surface area contributed by atoms with Gasteiger partial charge in [0.2, 0.25) is 0 Å². The average Bonchev–Trinajstić information content (AvgIpc) is 2.83. The van der Waals surface area contributed by atoms with E-state index in [1.165, 1.54) is 5.56 Å². The predicted octanol–water partition coefficient (Wildman–Crippen LogP) is 3.03. The molecule has 1 amide bonds. The van der Waals surface area contributed by atoms with Crippen molar-refractivity contribution in [3.05, 3.63) is 23.5 Å². The Kier molecular flexibility index (Phi) is 4.08. The van der Waals surface area contributed by atoms with E-state index in [-0.39, 0.29) is 22.3 Å². The second kappa shape index (κ2) is 5.60. The molecule has 1 aromatic rings. The molecular weight excluding hydrogens is 304 g/mol. The van der Waals surface area contributed by atoms with E-state index in [0.717, 1.165) is 12.2 Å². The van der Waals surface area contributed by atoms with Crippen molar-refractivity contribution < 1.29 is 14.3 Å². The molecule has 5 heteroatoms. The molecule has 0 bridgehead atoms. The zero-order chi connectivity index (χ0) is 17.8. The highest BCUT2D eigenvalue weighted by molar-refractivity contribution is 5.94. The highest BCUT2D eigenvalue weighted by Gasteiger charge is 2.44. The minimum Gasteiger partial charge on any atom is -0.355 e. The Morgan fingerprint density at radius 3 is 2.21 bits per heavy atom. The molecule has 0 unspecified atom stereocenters. The number of nitrogens with zero attached hydrogens (tertiary/aromatic N) is 2. The third kappa shape index (κ3) is 3.11. The van der Waals surface area contributed by atoms with E-state index in [9.17, 15) is 4.79 Å². The molecule has 0 N–H and O–H groups in total. The third-order valence-electron chi connectivity index (χ3n) is 5.02. The van der Waals surface area contributed by atoms with Crippen molar-refractivity contribution in [3.63, 3.8) is 0 Å². The first kappa shape index (κ1) is 17.5. The second-order valence-corrected chi connectivity index (χ2v) is 9.37. The molecule has 1 spiro atoms. The van der Waals surface area contributed by atoms with Crippen molar-refractivity contribution in [2.45, 2.75) is 59.0 Å². The lowest BCUT2D eigenvalue weighted by Gasteiger charge is -2.43. The lowest BCUT2D eigenvalue weighted by atomic mass is 9.86. The highest BCUT2D eigenvalue weighted by Crippen LogP contribution is 2.35. The molecule has 0 saturated carbocycles. The number of amides is 1. The van der Waals surface area contributed by atoms with Crippen molar-refractivity contribution >= 4 is 5.91 Å². The smallest absolute Gasteiger partial charge is 0.270 e. The van der Waals surface area contributed by atoms with Crippen molar-refractivity contribution in [2.24, 2.45) is 5.41 Å². The quantitative estimate of drug-likeness (QED) is 0.732. The summed E-state index contributed by atoms with van der Waals surface area (Å²) in [6.07, 6.45) is 2.13. The lowest BCUT2D eigenvalue weighted by molar-refractivity contribution is -0.174. The molecule has 0 radical (unpaired) electrons. The Bertz CT molecular complexity index is 628. The summed E-state index contributed by atoms with van der Waals surface area (Å²) in [4.78, 5) is 15.3. The zero-order valence-corrected chi connectivity index (χ0v) is 15.8. The van der Waals surface area contributed by atoms with Gasteiger partial charge in [0.05, 0.1) is 18.6 Å². The zero-order valence-electron chi connectivity index (χ0n) is 15.8. The van der Waals surface area contributed by atoms with Gasteiger partial charge in [-0.05, 0) is 37.8 Å². The molecule has 1 aromatic heterocycles. The van der Waals surface area contributed by atoms with Crippen molar-refractivity contribution in [3.8, 4) is 0 Å². The number of carbonyl (C=O) groups excluding carboxylic acids is 1. The van der Waals surface area contributed by atoms with Gasteiger partial charge >= 0.3 is 0 Å². The van der Waals surface area contributed by atoms with Gasteiger partial charge in [-0.25, -0.2) is 0 Å². The molecule has 1 fully saturated rings. The van der Waals surface area contributed by atoms with Crippen molar-refractivity contribution in [2.75, 3.05) is 26.6 Å². The van der Waals surface area contributed by atoms with E-state index in [0.29, 0.717) is 26.6 Å². The second-order valence-electron chi connectivity index (χ2n) is 9.37. The summed E-state index contributed by atoms with van der Waals surface area (Å²) in [5.74, 6) is 0.0976. The van der Waals surface area contributed by atoms with Gasteiger partial charge in [-0.3, -0.25) is 4.79 Å². The monoisotopic (exact) mass is 334 g/mol. The van der Waals surface area contributed by atoms with Crippen LogP contribution in [0.4, 0.5) is 0 Å². The summed E-state index contributed by atoms with van der Waals surface area (Å²) >= 11 is 0. The van der Waals surface area contributed by atoms with Crippen LogP contribution < -0.4 is 0 Å². The summed E-state index contributed by atoms with van der Waals surface area (Å²) in [6.45, 7) is 15.8. The molecule has 5 nitrogen and oxygen atoms in total. The number of rotatable bonds is 0. The van der Waals surface area contributed by atoms with Gasteiger partial charge in [0.25, 0.3) is 5.91 Å². The van der Waals surface area contributed by atoms with Crippen LogP contribution in [0.25, 0.3) is 0 Å². The average molecular weight is 334 g/mol. The van der Waals surface area contributed by atoms with Gasteiger partial charge in [0, 0.05) is 24.8 Å². The fourth-order valence-electron chi connectivity index (χ4n) is 3.53. The number of aromatic nitrogens is 1. The maximum Gasteiger partial charge on any atom is 0.270 e. The molecular formula is C19H30N2O3. The van der Waals surface area contributed by atoms with Gasteiger partial charge in [0.1, 0.15) is 12.5 Å². The van der Waals surface area contributed by atoms with Crippen LogP contribution in [0.2, 0.25) is 0 Å². The van der Waals surface area contributed by atoms with Crippen LogP contribution in [0, 0.1) is 5.41 Å². The first-order valence-corrected chi connectivity index (χ1v) is 8.70. The molecule has 2 aliphatic heterocycles. The molecule has 24 heavy (non-hydrogen) atoms. The van der Waals surface area contributed by atoms with Gasteiger partial charge in [-0.15, -0.1) is 0 Å². The van der Waals surface area contributed by atoms with Crippen molar-refractivity contribution in [1.82, 2.24) is 9.47 Å². The molecule has 3 rings (SSSR count). The molecule has 0 aromatic carbocycles. The first-order valence-electron chi connectivity index (χ1n) is 8.70. The predicted molar refractivity (Wildman–Crippen MR) is 93.1 cm³/mol. The maximum atomic E-state index is 13.3. The topological polar surface area (TPSA) is 43.7 Å². The highest BCUT2D eigenvalue weighted by atomic mass is 16.7. The standard InChI is InChI=1S/C19H30N2O3/c1-17(2,3)14-7-15-16(22)21(18(4,5)6)10-19(9-20(15)8-14)11-23-13-24-12-19/h7-8H,9-13H2,1-6H3. The fourth-order valence-corrected chi connectivity index (χ4v) is 3.53. The van der Waals surface area contributed by atoms with E-state index in [2.05, 4.69) is 58.4 Å². The molecule has 0 atom stereocenters. The van der Waals surface area contributed by atoms with Crippen LogP contribution in [0.15, 0.2) is 12.3 Å². The van der Waals surface area contributed by atoms with E-state index in [1.54, 1.807) is 0 Å². The van der Waals surface area contributed by atoms with Gasteiger partial charge in [0.15, 0.2) is 0 Å². The number of ether oxygens (including phenoxy) is 2. The Morgan fingerprint density at radius 1 is 1.04 bits per heavy atom. The number of hydrogen-bond acceptors (Lipinski definition) is 3. The summed E-state index contributed by atoms with van der Waals surface area (Å²) in [5.41, 5.74) is 1.54. The summed E-state index contributed by atoms with van der Waals surface area (Å²) in [7, 11) is 0. The van der Waals surface area contributed by atoms with Gasteiger partial charge in [-0.1, -0.05) is 20.8 Å². The maximum absolute atomic E-state index is 13.3. The van der Waals surface area contributed by atoms with Crippen LogP contribution in [0.5, 0.6) is 0 Å². The van der Waals surface area contributed by atoms with E-state index in [1.807, 2.05) is 4.90 Å². The number of carbonyl (C=O) groups is 1. The normalized spacial score (nSPS) is 21.8. The number of fused-ring (bicyclic) bond motifs is 1. The first-order chi connectivity index (χ1) is 11.0. The number of hydrogen-bond donors (Lipinski definition) is 0. The Balaban J connectivity index is 2.09. The van der Waals surface area contributed by atoms with Crippen LogP contribution in [0.1, 0.15) is 57.6 Å². The molecule has 1 saturated heterocycles. The van der Waals surface area contributed by atoms with Crippen LogP contribution in [-0.4, -0.2) is 47.5 Å². The SMILES string of the molecule is CC(C)(C)c1cc2n(c1)CC1(COCOC1)CN(C(C)(C)C)C2=O. The van der Waals surface area contributed by atoms with Gasteiger partial charge in [-0.2, -0.15) is 0 Å². The van der Waals surface area contributed by atoms with Crippen LogP contribution in [0.3, 0.4) is 0 Å². The molecule has 2 aliphatic rings. The molecule has 134 valence electrons. The van der Waals surface area contributed by atoms with Gasteiger partial charge < -0.3 is 18.9 Å². The lowest BCUT2D eigenvalue weighted by Crippen LogP contribution is -2.54. The summed E-state index contributed by atoms with van der Waals surface area (Å²) < 4.78 is 13.4.